The maximum atomic E-state index is 10.7. The average Bonchev–Trinajstić information content (AvgIpc) is 2.37. The number of ether oxygens (including phenoxy) is 2. The first-order valence-corrected chi connectivity index (χ1v) is 7.15. The molecule has 0 amide bonds. The third-order valence-electron chi connectivity index (χ3n) is 3.25. The van der Waals surface area contributed by atoms with Crippen molar-refractivity contribution in [1.29, 1.82) is 0 Å². The van der Waals surface area contributed by atoms with Gasteiger partial charge >= 0.3 is 0 Å². The zero-order valence-electron chi connectivity index (χ0n) is 12.1. The van der Waals surface area contributed by atoms with E-state index < -0.39 is 0 Å². The van der Waals surface area contributed by atoms with Gasteiger partial charge in [-0.05, 0) is 45.0 Å². The van der Waals surface area contributed by atoms with Crippen molar-refractivity contribution < 1.29 is 14.3 Å². The van der Waals surface area contributed by atoms with E-state index in [9.17, 15) is 4.79 Å². The van der Waals surface area contributed by atoms with Crippen LogP contribution in [0.4, 0.5) is 0 Å². The third-order valence-corrected chi connectivity index (χ3v) is 3.97. The number of methoxy groups -OCH3 is 2. The fraction of sp³-hybridized carbons (Fsp3) is 0.533. The zero-order chi connectivity index (χ0) is 14.6. The molecule has 3 nitrogen and oxygen atoms in total. The molecule has 1 aromatic carbocycles. The van der Waals surface area contributed by atoms with E-state index in [4.69, 9.17) is 9.47 Å². The van der Waals surface area contributed by atoms with Crippen molar-refractivity contribution in [1.82, 2.24) is 0 Å². The number of rotatable bonds is 6. The average molecular weight is 329 g/mol. The Bertz CT molecular complexity index is 455. The first-order valence-electron chi connectivity index (χ1n) is 6.35. The van der Waals surface area contributed by atoms with Crippen LogP contribution in [0.5, 0.6) is 11.5 Å². The van der Waals surface area contributed by atoms with Gasteiger partial charge in [0.25, 0.3) is 0 Å². The van der Waals surface area contributed by atoms with Gasteiger partial charge in [-0.3, -0.25) is 0 Å². The first-order chi connectivity index (χ1) is 8.97. The second-order valence-electron chi connectivity index (χ2n) is 4.89. The Labute approximate surface area is 123 Å². The van der Waals surface area contributed by atoms with Crippen molar-refractivity contribution in [2.45, 2.75) is 39.0 Å². The Balaban J connectivity index is 3.49. The SMILES string of the molecule is COc1c(C(C)C)cc(C(C)CC=O)c(OC)c1Br. The van der Waals surface area contributed by atoms with Gasteiger partial charge in [-0.15, -0.1) is 0 Å². The number of carbonyl (C=O) groups excluding carboxylic acids is 1. The summed E-state index contributed by atoms with van der Waals surface area (Å²) in [6.07, 6.45) is 1.42. The molecule has 1 atom stereocenters. The van der Waals surface area contributed by atoms with Gasteiger partial charge < -0.3 is 14.3 Å². The van der Waals surface area contributed by atoms with Gasteiger partial charge in [-0.1, -0.05) is 20.8 Å². The number of benzene rings is 1. The Kier molecular flexibility index (Phi) is 5.85. The highest BCUT2D eigenvalue weighted by Crippen LogP contribution is 2.45. The van der Waals surface area contributed by atoms with Crippen LogP contribution in [-0.4, -0.2) is 20.5 Å². The zero-order valence-corrected chi connectivity index (χ0v) is 13.7. The van der Waals surface area contributed by atoms with Crippen molar-refractivity contribution in [2.24, 2.45) is 0 Å². The summed E-state index contributed by atoms with van der Waals surface area (Å²) in [5, 5.41) is 0. The van der Waals surface area contributed by atoms with E-state index in [-0.39, 0.29) is 5.92 Å². The molecule has 1 unspecified atom stereocenters. The van der Waals surface area contributed by atoms with Gasteiger partial charge in [0, 0.05) is 6.42 Å². The molecule has 19 heavy (non-hydrogen) atoms. The van der Waals surface area contributed by atoms with Crippen LogP contribution < -0.4 is 9.47 Å². The second-order valence-corrected chi connectivity index (χ2v) is 5.69. The van der Waals surface area contributed by atoms with Crippen LogP contribution in [0.15, 0.2) is 10.5 Å². The van der Waals surface area contributed by atoms with Crippen LogP contribution in [-0.2, 0) is 4.79 Å². The van der Waals surface area contributed by atoms with Crippen molar-refractivity contribution in [3.8, 4) is 11.5 Å². The molecular weight excluding hydrogens is 308 g/mol. The monoisotopic (exact) mass is 328 g/mol. The molecular formula is C15H21BrO3. The van der Waals surface area contributed by atoms with Crippen LogP contribution >= 0.6 is 15.9 Å². The van der Waals surface area contributed by atoms with Gasteiger partial charge in [-0.25, -0.2) is 0 Å². The summed E-state index contributed by atoms with van der Waals surface area (Å²) in [5.41, 5.74) is 2.15. The van der Waals surface area contributed by atoms with E-state index in [2.05, 4.69) is 35.8 Å². The highest BCUT2D eigenvalue weighted by Gasteiger charge is 2.22. The molecule has 106 valence electrons. The molecule has 4 heteroatoms. The summed E-state index contributed by atoms with van der Waals surface area (Å²) in [6.45, 7) is 6.26. The predicted molar refractivity (Wildman–Crippen MR) is 80.4 cm³/mol. The molecule has 0 heterocycles. The summed E-state index contributed by atoms with van der Waals surface area (Å²) in [7, 11) is 3.28. The molecule has 0 spiro atoms. The van der Waals surface area contributed by atoms with Gasteiger partial charge in [0.05, 0.1) is 14.2 Å². The summed E-state index contributed by atoms with van der Waals surface area (Å²) in [6, 6.07) is 2.08. The minimum Gasteiger partial charge on any atom is -0.495 e. The molecule has 0 saturated carbocycles. The predicted octanol–water partition coefficient (Wildman–Crippen LogP) is 4.28. The highest BCUT2D eigenvalue weighted by atomic mass is 79.9. The number of carbonyl (C=O) groups is 1. The van der Waals surface area contributed by atoms with Gasteiger partial charge in [-0.2, -0.15) is 0 Å². The molecule has 0 bridgehead atoms. The third kappa shape index (κ3) is 3.30. The van der Waals surface area contributed by atoms with Crippen molar-refractivity contribution in [3.05, 3.63) is 21.7 Å². The van der Waals surface area contributed by atoms with Crippen LogP contribution in [0.3, 0.4) is 0 Å². The minimum atomic E-state index is 0.118. The number of halogens is 1. The molecule has 0 aliphatic rings. The Morgan fingerprint density at radius 2 is 1.68 bits per heavy atom. The molecule has 0 radical (unpaired) electrons. The summed E-state index contributed by atoms with van der Waals surface area (Å²) in [5.74, 6) is 2.00. The number of hydrogen-bond acceptors (Lipinski definition) is 3. The normalized spacial score (nSPS) is 12.4. The smallest absolute Gasteiger partial charge is 0.140 e. The summed E-state index contributed by atoms with van der Waals surface area (Å²) < 4.78 is 11.8. The van der Waals surface area contributed by atoms with Crippen LogP contribution in [0.2, 0.25) is 0 Å². The van der Waals surface area contributed by atoms with Crippen molar-refractivity contribution in [2.75, 3.05) is 14.2 Å². The summed E-state index contributed by atoms with van der Waals surface area (Å²) in [4.78, 5) is 10.7. The lowest BCUT2D eigenvalue weighted by molar-refractivity contribution is -0.108. The highest BCUT2D eigenvalue weighted by molar-refractivity contribution is 9.10. The van der Waals surface area contributed by atoms with E-state index in [0.717, 1.165) is 33.4 Å². The number of hydrogen-bond donors (Lipinski definition) is 0. The standard InChI is InChI=1S/C15H21BrO3/c1-9(2)11-8-12(10(3)6-7-17)15(19-5)13(16)14(11)18-4/h7-10H,6H2,1-5H3. The van der Waals surface area contributed by atoms with E-state index in [1.807, 2.05) is 6.92 Å². The lowest BCUT2D eigenvalue weighted by Gasteiger charge is -2.21. The Hall–Kier alpha value is -1.03. The van der Waals surface area contributed by atoms with Crippen LogP contribution in [0, 0.1) is 0 Å². The molecule has 1 rings (SSSR count). The largest absolute Gasteiger partial charge is 0.495 e. The molecule has 1 aromatic rings. The fourth-order valence-corrected chi connectivity index (χ4v) is 2.92. The topological polar surface area (TPSA) is 35.5 Å². The van der Waals surface area contributed by atoms with Crippen LogP contribution in [0.25, 0.3) is 0 Å². The molecule has 0 saturated heterocycles. The van der Waals surface area contributed by atoms with Crippen LogP contribution in [0.1, 0.15) is 50.2 Å². The van der Waals surface area contributed by atoms with Gasteiger partial charge in [0.15, 0.2) is 0 Å². The minimum absolute atomic E-state index is 0.118. The van der Waals surface area contributed by atoms with E-state index in [1.54, 1.807) is 14.2 Å². The maximum Gasteiger partial charge on any atom is 0.140 e. The lowest BCUT2D eigenvalue weighted by atomic mass is 9.91. The molecule has 0 N–H and O–H groups in total. The lowest BCUT2D eigenvalue weighted by Crippen LogP contribution is -2.04. The number of aldehydes is 1. The van der Waals surface area contributed by atoms with Crippen molar-refractivity contribution in [3.63, 3.8) is 0 Å². The Morgan fingerprint density at radius 3 is 2.11 bits per heavy atom. The second kappa shape index (κ2) is 6.94. The molecule has 0 aliphatic heterocycles. The summed E-state index contributed by atoms with van der Waals surface area (Å²) >= 11 is 3.55. The van der Waals surface area contributed by atoms with E-state index >= 15 is 0 Å². The molecule has 0 aromatic heterocycles. The maximum absolute atomic E-state index is 10.7. The fourth-order valence-electron chi connectivity index (χ4n) is 2.14. The quantitative estimate of drug-likeness (QED) is 0.731. The van der Waals surface area contributed by atoms with E-state index in [0.29, 0.717) is 12.3 Å². The molecule has 0 fully saturated rings. The Morgan fingerprint density at radius 1 is 1.16 bits per heavy atom. The first kappa shape index (κ1) is 16.0. The van der Waals surface area contributed by atoms with Gasteiger partial charge in [0.2, 0.25) is 0 Å². The van der Waals surface area contributed by atoms with Crippen molar-refractivity contribution >= 4 is 22.2 Å². The van der Waals surface area contributed by atoms with E-state index in [1.165, 1.54) is 0 Å². The molecule has 0 aliphatic carbocycles. The van der Waals surface area contributed by atoms with Gasteiger partial charge in [0.1, 0.15) is 22.3 Å².